The van der Waals surface area contributed by atoms with E-state index in [1.807, 2.05) is 38.1 Å². The number of halogens is 3. The van der Waals surface area contributed by atoms with Gasteiger partial charge in [0.15, 0.2) is 0 Å². The fraction of sp³-hybridized carbons (Fsp3) is 0.318. The van der Waals surface area contributed by atoms with Gasteiger partial charge in [-0.1, -0.05) is 50.2 Å². The number of carbonyl (C=O) groups is 1. The fourth-order valence-electron chi connectivity index (χ4n) is 3.40. The number of alkyl halides is 3. The number of carbonyl (C=O) groups excluding carboxylic acids is 1. The van der Waals surface area contributed by atoms with Crippen LogP contribution in [0.25, 0.3) is 10.9 Å². The van der Waals surface area contributed by atoms with E-state index >= 15 is 0 Å². The van der Waals surface area contributed by atoms with Crippen LogP contribution in [0, 0.1) is 5.92 Å². The molecule has 3 aromatic rings. The molecule has 0 radical (unpaired) electrons. The lowest BCUT2D eigenvalue weighted by Crippen LogP contribution is -2.29. The largest absolute Gasteiger partial charge is 0.416 e. The summed E-state index contributed by atoms with van der Waals surface area (Å²) in [4.78, 5) is 15.6. The minimum absolute atomic E-state index is 0.0539. The van der Waals surface area contributed by atoms with E-state index in [9.17, 15) is 18.0 Å². The molecule has 0 saturated heterocycles. The molecule has 0 fully saturated rings. The van der Waals surface area contributed by atoms with Crippen molar-refractivity contribution in [2.75, 3.05) is 6.54 Å². The second kappa shape index (κ2) is 8.09. The first-order chi connectivity index (χ1) is 13.3. The second-order valence-corrected chi connectivity index (χ2v) is 7.33. The average molecular weight is 388 g/mol. The van der Waals surface area contributed by atoms with E-state index in [1.165, 1.54) is 12.1 Å². The molecule has 0 spiro atoms. The van der Waals surface area contributed by atoms with Crippen LogP contribution in [0.3, 0.4) is 0 Å². The Balaban J connectivity index is 2.07. The van der Waals surface area contributed by atoms with Crippen molar-refractivity contribution in [2.45, 2.75) is 32.4 Å². The Kier molecular flexibility index (Phi) is 5.77. The topological polar surface area (TPSA) is 44.9 Å². The summed E-state index contributed by atoms with van der Waals surface area (Å²) in [5.74, 6) is -0.708. The predicted octanol–water partition coefficient (Wildman–Crippen LogP) is 5.48. The SMILES string of the molecule is CC(C)CNC(=O)C[C@H](c1ccccc1C(F)(F)F)c1c[nH]c2ccccc12. The van der Waals surface area contributed by atoms with Gasteiger partial charge in [-0.2, -0.15) is 13.2 Å². The molecule has 2 N–H and O–H groups in total. The molecule has 0 aliphatic heterocycles. The molecule has 0 saturated carbocycles. The number of amides is 1. The smallest absolute Gasteiger partial charge is 0.361 e. The molecule has 28 heavy (non-hydrogen) atoms. The number of hydrogen-bond donors (Lipinski definition) is 2. The fourth-order valence-corrected chi connectivity index (χ4v) is 3.40. The summed E-state index contributed by atoms with van der Waals surface area (Å²) in [7, 11) is 0. The summed E-state index contributed by atoms with van der Waals surface area (Å²) in [6.07, 6.45) is -2.84. The highest BCUT2D eigenvalue weighted by Gasteiger charge is 2.36. The van der Waals surface area contributed by atoms with E-state index < -0.39 is 17.7 Å². The molecular weight excluding hydrogens is 365 g/mol. The van der Waals surface area contributed by atoms with Gasteiger partial charge < -0.3 is 10.3 Å². The van der Waals surface area contributed by atoms with Crippen molar-refractivity contribution < 1.29 is 18.0 Å². The quantitative estimate of drug-likeness (QED) is 0.577. The summed E-state index contributed by atoms with van der Waals surface area (Å²) in [6.45, 7) is 4.42. The third-order valence-electron chi connectivity index (χ3n) is 4.74. The van der Waals surface area contributed by atoms with Crippen LogP contribution in [-0.4, -0.2) is 17.4 Å². The van der Waals surface area contributed by atoms with E-state index in [2.05, 4.69) is 10.3 Å². The predicted molar refractivity (Wildman–Crippen MR) is 104 cm³/mol. The van der Waals surface area contributed by atoms with Gasteiger partial charge in [-0.05, 0) is 29.2 Å². The third kappa shape index (κ3) is 4.38. The Labute approximate surface area is 162 Å². The zero-order valence-electron chi connectivity index (χ0n) is 15.8. The number of fused-ring (bicyclic) bond motifs is 1. The molecule has 1 heterocycles. The van der Waals surface area contributed by atoms with E-state index in [0.29, 0.717) is 12.1 Å². The van der Waals surface area contributed by atoms with Crippen molar-refractivity contribution in [3.63, 3.8) is 0 Å². The summed E-state index contributed by atoms with van der Waals surface area (Å²) < 4.78 is 40.9. The molecule has 2 aromatic carbocycles. The first-order valence-corrected chi connectivity index (χ1v) is 9.26. The summed E-state index contributed by atoms with van der Waals surface area (Å²) in [6, 6.07) is 12.9. The van der Waals surface area contributed by atoms with Crippen LogP contribution in [0.15, 0.2) is 54.7 Å². The first kappa shape index (κ1) is 20.0. The van der Waals surface area contributed by atoms with Crippen molar-refractivity contribution in [1.29, 1.82) is 0 Å². The van der Waals surface area contributed by atoms with Gasteiger partial charge in [-0.3, -0.25) is 4.79 Å². The average Bonchev–Trinajstić information content (AvgIpc) is 3.08. The van der Waals surface area contributed by atoms with E-state index in [4.69, 9.17) is 0 Å². The molecule has 0 aliphatic rings. The third-order valence-corrected chi connectivity index (χ3v) is 4.74. The number of rotatable bonds is 6. The maximum Gasteiger partial charge on any atom is 0.416 e. The molecule has 6 heteroatoms. The Morgan fingerprint density at radius 2 is 1.71 bits per heavy atom. The van der Waals surface area contributed by atoms with Crippen LogP contribution in [0.4, 0.5) is 13.2 Å². The van der Waals surface area contributed by atoms with Gasteiger partial charge in [0.2, 0.25) is 5.91 Å². The van der Waals surface area contributed by atoms with Gasteiger partial charge in [0.25, 0.3) is 0 Å². The van der Waals surface area contributed by atoms with Crippen LogP contribution in [0.1, 0.15) is 42.9 Å². The lowest BCUT2D eigenvalue weighted by Gasteiger charge is -2.22. The second-order valence-electron chi connectivity index (χ2n) is 7.33. The summed E-state index contributed by atoms with van der Waals surface area (Å²) in [5, 5.41) is 3.64. The van der Waals surface area contributed by atoms with Gasteiger partial charge in [-0.25, -0.2) is 0 Å². The monoisotopic (exact) mass is 388 g/mol. The number of benzene rings is 2. The van der Waals surface area contributed by atoms with Crippen molar-refractivity contribution in [2.24, 2.45) is 5.92 Å². The van der Waals surface area contributed by atoms with Crippen LogP contribution in [-0.2, 0) is 11.0 Å². The maximum atomic E-state index is 13.6. The van der Waals surface area contributed by atoms with Crippen LogP contribution >= 0.6 is 0 Å². The number of H-pyrrole nitrogens is 1. The summed E-state index contributed by atoms with van der Waals surface area (Å²) in [5.41, 5.74) is 0.919. The molecule has 0 aliphatic carbocycles. The van der Waals surface area contributed by atoms with Gasteiger partial charge in [0, 0.05) is 36.0 Å². The highest BCUT2D eigenvalue weighted by atomic mass is 19.4. The minimum Gasteiger partial charge on any atom is -0.361 e. The number of aromatic nitrogens is 1. The zero-order valence-corrected chi connectivity index (χ0v) is 15.8. The van der Waals surface area contributed by atoms with E-state index in [1.54, 1.807) is 12.3 Å². The van der Waals surface area contributed by atoms with E-state index in [-0.39, 0.29) is 23.8 Å². The molecule has 1 atom stereocenters. The Morgan fingerprint density at radius 3 is 2.43 bits per heavy atom. The standard InChI is InChI=1S/C22H23F3N2O/c1-14(2)12-27-21(28)11-17(15-7-3-5-9-19(15)22(23,24)25)18-13-26-20-10-6-4-8-16(18)20/h3-10,13-14,17,26H,11-12H2,1-2H3,(H,27,28)/t17-/m1/s1. The number of nitrogens with one attached hydrogen (secondary N) is 2. The van der Waals surface area contributed by atoms with Gasteiger partial charge in [0.1, 0.15) is 0 Å². The Hall–Kier alpha value is -2.76. The molecule has 1 aromatic heterocycles. The van der Waals surface area contributed by atoms with Crippen molar-refractivity contribution >= 4 is 16.8 Å². The molecule has 0 bridgehead atoms. The Morgan fingerprint density at radius 1 is 1.04 bits per heavy atom. The molecular formula is C22H23F3N2O. The van der Waals surface area contributed by atoms with Crippen LogP contribution < -0.4 is 5.32 Å². The molecule has 3 rings (SSSR count). The molecule has 148 valence electrons. The Bertz CT molecular complexity index is 960. The summed E-state index contributed by atoms with van der Waals surface area (Å²) >= 11 is 0. The molecule has 1 amide bonds. The first-order valence-electron chi connectivity index (χ1n) is 9.26. The lowest BCUT2D eigenvalue weighted by molar-refractivity contribution is -0.138. The highest BCUT2D eigenvalue weighted by molar-refractivity contribution is 5.86. The number of aromatic amines is 1. The lowest BCUT2D eigenvalue weighted by atomic mass is 9.85. The van der Waals surface area contributed by atoms with Crippen molar-refractivity contribution in [3.8, 4) is 0 Å². The van der Waals surface area contributed by atoms with Crippen molar-refractivity contribution in [3.05, 3.63) is 71.4 Å². The van der Waals surface area contributed by atoms with Gasteiger partial charge in [0.05, 0.1) is 5.56 Å². The minimum atomic E-state index is -4.49. The normalized spacial score (nSPS) is 13.1. The van der Waals surface area contributed by atoms with Crippen LogP contribution in [0.2, 0.25) is 0 Å². The van der Waals surface area contributed by atoms with Gasteiger partial charge >= 0.3 is 6.18 Å². The van der Waals surface area contributed by atoms with Crippen molar-refractivity contribution in [1.82, 2.24) is 10.3 Å². The number of hydrogen-bond acceptors (Lipinski definition) is 1. The highest BCUT2D eigenvalue weighted by Crippen LogP contribution is 2.40. The van der Waals surface area contributed by atoms with Gasteiger partial charge in [-0.15, -0.1) is 0 Å². The molecule has 3 nitrogen and oxygen atoms in total. The number of para-hydroxylation sites is 1. The van der Waals surface area contributed by atoms with Crippen LogP contribution in [0.5, 0.6) is 0 Å². The molecule has 0 unspecified atom stereocenters. The maximum absolute atomic E-state index is 13.6. The zero-order chi connectivity index (χ0) is 20.3. The van der Waals surface area contributed by atoms with E-state index in [0.717, 1.165) is 17.0 Å².